The van der Waals surface area contributed by atoms with Gasteiger partial charge in [0.2, 0.25) is 0 Å². The zero-order valence-electron chi connectivity index (χ0n) is 10.8. The van der Waals surface area contributed by atoms with Crippen LogP contribution in [-0.2, 0) is 0 Å². The number of anilines is 1. The molecule has 0 aliphatic rings. The van der Waals surface area contributed by atoms with E-state index in [1.54, 1.807) is 25.3 Å². The molecule has 0 amide bonds. The number of nitrogens with zero attached hydrogens (tertiary/aromatic N) is 2. The van der Waals surface area contributed by atoms with Crippen molar-refractivity contribution in [1.29, 1.82) is 0 Å². The van der Waals surface area contributed by atoms with Crippen LogP contribution in [0.25, 0.3) is 6.08 Å². The van der Waals surface area contributed by atoms with E-state index < -0.39 is 0 Å². The zero-order valence-corrected chi connectivity index (χ0v) is 10.8. The zero-order chi connectivity index (χ0) is 13.7. The Kier molecular flexibility index (Phi) is 3.98. The van der Waals surface area contributed by atoms with Gasteiger partial charge in [0.05, 0.1) is 11.7 Å². The Labute approximate surface area is 113 Å². The highest BCUT2D eigenvalue weighted by Gasteiger charge is 2.04. The third kappa shape index (κ3) is 3.01. The molecule has 0 fully saturated rings. The lowest BCUT2D eigenvalue weighted by Crippen LogP contribution is -2.37. The van der Waals surface area contributed by atoms with Crippen LogP contribution in [0.3, 0.4) is 0 Å². The summed E-state index contributed by atoms with van der Waals surface area (Å²) in [6.07, 6.45) is 1.72. The average Bonchev–Trinajstić information content (AvgIpc) is 2.47. The van der Waals surface area contributed by atoms with Crippen LogP contribution in [0.4, 0.5) is 11.4 Å². The molecule has 0 radical (unpaired) electrons. The molecular formula is C16H15N2O-. The standard InChI is InChI=1S/C16H16N2O/c1-3-13-9-7-8-12-15(13)18(2)16(19)17-14-10-5-4-6-11-14/h3-12H,1H2,2H3,(H,17,19)/p-1. The molecule has 0 aromatic heterocycles. The maximum Gasteiger partial charge on any atom is 0.0640 e. The molecular weight excluding hydrogens is 236 g/mol. The fourth-order valence-corrected chi connectivity index (χ4v) is 1.76. The molecule has 0 aliphatic carbocycles. The molecule has 0 atom stereocenters. The monoisotopic (exact) mass is 251 g/mol. The van der Waals surface area contributed by atoms with Crippen molar-refractivity contribution in [1.82, 2.24) is 0 Å². The van der Waals surface area contributed by atoms with Gasteiger partial charge in [0.1, 0.15) is 0 Å². The fraction of sp³-hybridized carbons (Fsp3) is 0.0625. The molecule has 0 heterocycles. The fourth-order valence-electron chi connectivity index (χ4n) is 1.76. The predicted octanol–water partition coefficient (Wildman–Crippen LogP) is 2.81. The van der Waals surface area contributed by atoms with Crippen molar-refractivity contribution in [2.45, 2.75) is 0 Å². The van der Waals surface area contributed by atoms with E-state index in [4.69, 9.17) is 0 Å². The summed E-state index contributed by atoms with van der Waals surface area (Å²) >= 11 is 0. The molecule has 3 nitrogen and oxygen atoms in total. The minimum absolute atomic E-state index is 0.305. The Morgan fingerprint density at radius 3 is 2.42 bits per heavy atom. The van der Waals surface area contributed by atoms with Gasteiger partial charge in [0, 0.05) is 12.7 Å². The van der Waals surface area contributed by atoms with E-state index in [0.717, 1.165) is 11.3 Å². The predicted molar refractivity (Wildman–Crippen MR) is 78.5 cm³/mol. The molecule has 2 rings (SSSR count). The second-order valence-electron chi connectivity index (χ2n) is 4.05. The van der Waals surface area contributed by atoms with Crippen LogP contribution in [0, 0.1) is 0 Å². The summed E-state index contributed by atoms with van der Waals surface area (Å²) in [5.74, 6) is 0. The summed E-state index contributed by atoms with van der Waals surface area (Å²) in [6.45, 7) is 3.75. The first-order valence-electron chi connectivity index (χ1n) is 5.98. The molecule has 96 valence electrons. The van der Waals surface area contributed by atoms with Gasteiger partial charge in [-0.05, 0) is 23.8 Å². The third-order valence-electron chi connectivity index (χ3n) is 2.79. The highest BCUT2D eigenvalue weighted by Crippen LogP contribution is 2.20. The van der Waals surface area contributed by atoms with Crippen molar-refractivity contribution >= 4 is 23.5 Å². The number of rotatable bonds is 3. The van der Waals surface area contributed by atoms with E-state index in [-0.39, 0.29) is 6.02 Å². The quantitative estimate of drug-likeness (QED) is 0.621. The van der Waals surface area contributed by atoms with Crippen LogP contribution < -0.4 is 10.0 Å². The third-order valence-corrected chi connectivity index (χ3v) is 2.79. The van der Waals surface area contributed by atoms with E-state index in [2.05, 4.69) is 11.6 Å². The number of aliphatic imine (C=N–C) groups is 1. The first-order chi connectivity index (χ1) is 9.22. The smallest absolute Gasteiger partial charge is 0.0640 e. The molecule has 2 aromatic rings. The van der Waals surface area contributed by atoms with E-state index in [0.29, 0.717) is 5.69 Å². The Bertz CT molecular complexity index is 591. The van der Waals surface area contributed by atoms with Gasteiger partial charge in [0.15, 0.2) is 0 Å². The second-order valence-corrected chi connectivity index (χ2v) is 4.05. The van der Waals surface area contributed by atoms with Crippen molar-refractivity contribution in [3.05, 3.63) is 66.7 Å². The Morgan fingerprint density at radius 2 is 1.74 bits per heavy atom. The van der Waals surface area contributed by atoms with E-state index in [1.807, 2.05) is 42.5 Å². The number of hydrogen-bond acceptors (Lipinski definition) is 2. The molecule has 2 aromatic carbocycles. The minimum Gasteiger partial charge on any atom is -0.846 e. The largest absolute Gasteiger partial charge is 0.846 e. The molecule has 19 heavy (non-hydrogen) atoms. The topological polar surface area (TPSA) is 38.7 Å². The van der Waals surface area contributed by atoms with E-state index in [1.165, 1.54) is 4.90 Å². The molecule has 0 unspecified atom stereocenters. The number of benzene rings is 2. The summed E-state index contributed by atoms with van der Waals surface area (Å²) < 4.78 is 0. The first kappa shape index (κ1) is 12.9. The van der Waals surface area contributed by atoms with Gasteiger partial charge in [-0.15, -0.1) is 0 Å². The summed E-state index contributed by atoms with van der Waals surface area (Å²) in [5, 5.41) is 12.1. The van der Waals surface area contributed by atoms with Gasteiger partial charge in [-0.25, -0.2) is 4.99 Å². The number of amidine groups is 1. The van der Waals surface area contributed by atoms with Crippen molar-refractivity contribution in [2.24, 2.45) is 4.99 Å². The van der Waals surface area contributed by atoms with Gasteiger partial charge in [-0.3, -0.25) is 0 Å². The lowest BCUT2D eigenvalue weighted by atomic mass is 10.1. The highest BCUT2D eigenvalue weighted by molar-refractivity contribution is 5.92. The van der Waals surface area contributed by atoms with Crippen molar-refractivity contribution in [2.75, 3.05) is 11.9 Å². The second kappa shape index (κ2) is 5.87. The summed E-state index contributed by atoms with van der Waals surface area (Å²) in [6, 6.07) is 16.5. The van der Waals surface area contributed by atoms with Crippen LogP contribution in [0.5, 0.6) is 0 Å². The van der Waals surface area contributed by atoms with Crippen molar-refractivity contribution in [3.8, 4) is 0 Å². The minimum atomic E-state index is -0.305. The van der Waals surface area contributed by atoms with E-state index in [9.17, 15) is 5.11 Å². The number of hydrogen-bond donors (Lipinski definition) is 0. The summed E-state index contributed by atoms with van der Waals surface area (Å²) in [7, 11) is 1.71. The molecule has 0 spiro atoms. The molecule has 0 bridgehead atoms. The highest BCUT2D eigenvalue weighted by atomic mass is 16.3. The van der Waals surface area contributed by atoms with Crippen molar-refractivity contribution < 1.29 is 5.11 Å². The van der Waals surface area contributed by atoms with Gasteiger partial charge in [-0.1, -0.05) is 49.1 Å². The van der Waals surface area contributed by atoms with Gasteiger partial charge in [0.25, 0.3) is 0 Å². The normalized spacial score (nSPS) is 11.1. The maximum atomic E-state index is 12.1. The van der Waals surface area contributed by atoms with Crippen LogP contribution in [0.1, 0.15) is 5.56 Å². The van der Waals surface area contributed by atoms with Gasteiger partial charge in [-0.2, -0.15) is 0 Å². The van der Waals surface area contributed by atoms with Gasteiger partial charge < -0.3 is 10.0 Å². The molecule has 0 saturated heterocycles. The summed E-state index contributed by atoms with van der Waals surface area (Å²) in [4.78, 5) is 5.58. The lowest BCUT2D eigenvalue weighted by molar-refractivity contribution is -0.217. The molecule has 0 aliphatic heterocycles. The van der Waals surface area contributed by atoms with Gasteiger partial charge >= 0.3 is 0 Å². The van der Waals surface area contributed by atoms with E-state index >= 15 is 0 Å². The van der Waals surface area contributed by atoms with Crippen LogP contribution in [0.15, 0.2) is 66.2 Å². The van der Waals surface area contributed by atoms with Crippen molar-refractivity contribution in [3.63, 3.8) is 0 Å². The summed E-state index contributed by atoms with van der Waals surface area (Å²) in [5.41, 5.74) is 2.35. The average molecular weight is 251 g/mol. The maximum absolute atomic E-state index is 12.1. The molecule has 3 heteroatoms. The first-order valence-corrected chi connectivity index (χ1v) is 5.98. The lowest BCUT2D eigenvalue weighted by Gasteiger charge is -2.26. The Morgan fingerprint density at radius 1 is 1.11 bits per heavy atom. The molecule has 0 N–H and O–H groups in total. The van der Waals surface area contributed by atoms with Crippen LogP contribution in [-0.4, -0.2) is 13.1 Å². The Balaban J connectivity index is 2.31. The Hall–Kier alpha value is -2.55. The number of para-hydroxylation sites is 2. The van der Waals surface area contributed by atoms with Crippen LogP contribution in [0.2, 0.25) is 0 Å². The van der Waals surface area contributed by atoms with Crippen LogP contribution >= 0.6 is 0 Å². The molecule has 0 saturated carbocycles. The SMILES string of the molecule is C=Cc1ccccc1N(C)C([O-])=Nc1ccccc1.